The molecule has 0 unspecified atom stereocenters. The highest BCUT2D eigenvalue weighted by Gasteiger charge is 2.12. The van der Waals surface area contributed by atoms with Crippen molar-refractivity contribution in [2.24, 2.45) is 0 Å². The summed E-state index contributed by atoms with van der Waals surface area (Å²) in [7, 11) is -1.52. The Morgan fingerprint density at radius 3 is 2.56 bits per heavy atom. The standard InChI is InChI=1S/C13H21NO3S/c1-3-4-5-6-18(15,16)10-11-7-12(14)9-13(8-11)17-2/h7-9H,3-6,10,14H2,1-2H3. The lowest BCUT2D eigenvalue weighted by molar-refractivity contribution is 0.414. The van der Waals surface area contributed by atoms with Gasteiger partial charge in [0.2, 0.25) is 0 Å². The van der Waals surface area contributed by atoms with Crippen LogP contribution in [0.15, 0.2) is 18.2 Å². The predicted molar refractivity (Wildman–Crippen MR) is 74.4 cm³/mol. The van der Waals surface area contributed by atoms with E-state index in [-0.39, 0.29) is 11.5 Å². The molecule has 0 saturated heterocycles. The number of nitrogen functional groups attached to an aromatic ring is 1. The van der Waals surface area contributed by atoms with E-state index in [2.05, 4.69) is 6.92 Å². The Morgan fingerprint density at radius 1 is 1.22 bits per heavy atom. The van der Waals surface area contributed by atoms with E-state index in [0.29, 0.717) is 17.0 Å². The molecule has 1 rings (SSSR count). The first-order valence-corrected chi connectivity index (χ1v) is 7.93. The van der Waals surface area contributed by atoms with Crippen LogP contribution >= 0.6 is 0 Å². The smallest absolute Gasteiger partial charge is 0.154 e. The van der Waals surface area contributed by atoms with Crippen LogP contribution in [0.3, 0.4) is 0 Å². The number of nitrogens with two attached hydrogens (primary N) is 1. The van der Waals surface area contributed by atoms with Crippen molar-refractivity contribution < 1.29 is 13.2 Å². The first kappa shape index (κ1) is 14.8. The van der Waals surface area contributed by atoms with E-state index >= 15 is 0 Å². The van der Waals surface area contributed by atoms with E-state index in [0.717, 1.165) is 19.3 Å². The monoisotopic (exact) mass is 271 g/mol. The molecule has 0 atom stereocenters. The first-order chi connectivity index (χ1) is 8.46. The third-order valence-electron chi connectivity index (χ3n) is 2.67. The maximum atomic E-state index is 11.9. The van der Waals surface area contributed by atoms with Crippen molar-refractivity contribution in [2.75, 3.05) is 18.6 Å². The lowest BCUT2D eigenvalue weighted by Crippen LogP contribution is -2.09. The number of ether oxygens (including phenoxy) is 1. The van der Waals surface area contributed by atoms with E-state index < -0.39 is 9.84 Å². The quantitative estimate of drug-likeness (QED) is 0.610. The van der Waals surface area contributed by atoms with Gasteiger partial charge in [-0.25, -0.2) is 8.42 Å². The molecule has 0 aliphatic carbocycles. The zero-order chi connectivity index (χ0) is 13.6. The fraction of sp³-hybridized carbons (Fsp3) is 0.538. The summed E-state index contributed by atoms with van der Waals surface area (Å²) in [5.41, 5.74) is 6.91. The highest BCUT2D eigenvalue weighted by Crippen LogP contribution is 2.20. The SMILES string of the molecule is CCCCCS(=O)(=O)Cc1cc(N)cc(OC)c1. The molecule has 102 valence electrons. The molecule has 0 aliphatic rings. The van der Waals surface area contributed by atoms with Gasteiger partial charge in [0.05, 0.1) is 18.6 Å². The van der Waals surface area contributed by atoms with Crippen molar-refractivity contribution in [3.8, 4) is 5.75 Å². The Kier molecular flexibility index (Phi) is 5.47. The molecular weight excluding hydrogens is 250 g/mol. The van der Waals surface area contributed by atoms with Crippen molar-refractivity contribution >= 4 is 15.5 Å². The maximum absolute atomic E-state index is 11.9. The third-order valence-corrected chi connectivity index (χ3v) is 4.35. The van der Waals surface area contributed by atoms with Gasteiger partial charge in [-0.15, -0.1) is 0 Å². The molecule has 4 nitrogen and oxygen atoms in total. The summed E-state index contributed by atoms with van der Waals surface area (Å²) in [5.74, 6) is 0.851. The number of hydrogen-bond acceptors (Lipinski definition) is 4. The average Bonchev–Trinajstić information content (AvgIpc) is 2.27. The molecule has 0 aliphatic heterocycles. The van der Waals surface area contributed by atoms with Crippen LogP contribution in [0, 0.1) is 0 Å². The zero-order valence-electron chi connectivity index (χ0n) is 11.0. The lowest BCUT2D eigenvalue weighted by atomic mass is 10.2. The number of sulfone groups is 1. The van der Waals surface area contributed by atoms with E-state index in [1.165, 1.54) is 7.11 Å². The van der Waals surface area contributed by atoms with Crippen LogP contribution < -0.4 is 10.5 Å². The maximum Gasteiger partial charge on any atom is 0.154 e. The second kappa shape index (κ2) is 6.64. The molecule has 5 heteroatoms. The predicted octanol–water partition coefficient (Wildman–Crippen LogP) is 2.38. The molecule has 1 aromatic rings. The summed E-state index contributed by atoms with van der Waals surface area (Å²) in [5, 5.41) is 0. The van der Waals surface area contributed by atoms with Crippen molar-refractivity contribution in [3.05, 3.63) is 23.8 Å². The Balaban J connectivity index is 2.74. The van der Waals surface area contributed by atoms with Crippen LogP contribution in [-0.2, 0) is 15.6 Å². The van der Waals surface area contributed by atoms with Crippen molar-refractivity contribution in [2.45, 2.75) is 31.9 Å². The fourth-order valence-electron chi connectivity index (χ4n) is 1.79. The van der Waals surface area contributed by atoms with Gasteiger partial charge in [-0.2, -0.15) is 0 Å². The largest absolute Gasteiger partial charge is 0.497 e. The second-order valence-corrected chi connectivity index (χ2v) is 6.60. The van der Waals surface area contributed by atoms with Gasteiger partial charge in [-0.05, 0) is 24.1 Å². The number of rotatable bonds is 7. The second-order valence-electron chi connectivity index (χ2n) is 4.41. The minimum absolute atomic E-state index is 0.0259. The Bertz CT molecular complexity index is 483. The first-order valence-electron chi connectivity index (χ1n) is 6.10. The molecule has 0 spiro atoms. The van der Waals surface area contributed by atoms with Crippen LogP contribution in [0.5, 0.6) is 5.75 Å². The fourth-order valence-corrected chi connectivity index (χ4v) is 3.25. The third kappa shape index (κ3) is 4.96. The summed E-state index contributed by atoms with van der Waals surface area (Å²) in [4.78, 5) is 0. The van der Waals surface area contributed by atoms with Crippen LogP contribution in [-0.4, -0.2) is 21.3 Å². The van der Waals surface area contributed by atoms with Crippen LogP contribution in [0.1, 0.15) is 31.7 Å². The summed E-state index contributed by atoms with van der Waals surface area (Å²) in [6.45, 7) is 2.05. The number of hydrogen-bond donors (Lipinski definition) is 1. The summed E-state index contributed by atoms with van der Waals surface area (Å²) in [6, 6.07) is 5.07. The normalized spacial score (nSPS) is 11.4. The van der Waals surface area contributed by atoms with E-state index in [4.69, 9.17) is 10.5 Å². The number of methoxy groups -OCH3 is 1. The zero-order valence-corrected chi connectivity index (χ0v) is 11.8. The minimum atomic E-state index is -3.06. The molecule has 0 heterocycles. The Labute approximate surface area is 109 Å². The summed E-state index contributed by atoms with van der Waals surface area (Å²) < 4.78 is 28.9. The molecular formula is C13H21NO3S. The van der Waals surface area contributed by atoms with Gasteiger partial charge in [0.1, 0.15) is 5.75 Å². The van der Waals surface area contributed by atoms with Gasteiger partial charge in [0.15, 0.2) is 9.84 Å². The summed E-state index contributed by atoms with van der Waals surface area (Å²) >= 11 is 0. The molecule has 0 fully saturated rings. The molecule has 0 radical (unpaired) electrons. The minimum Gasteiger partial charge on any atom is -0.497 e. The molecule has 0 saturated carbocycles. The van der Waals surface area contributed by atoms with E-state index in [9.17, 15) is 8.42 Å². The number of anilines is 1. The topological polar surface area (TPSA) is 69.4 Å². The number of benzene rings is 1. The average molecular weight is 271 g/mol. The molecule has 1 aromatic carbocycles. The highest BCUT2D eigenvalue weighted by molar-refractivity contribution is 7.90. The molecule has 0 aromatic heterocycles. The highest BCUT2D eigenvalue weighted by atomic mass is 32.2. The number of unbranched alkanes of at least 4 members (excludes halogenated alkanes) is 2. The van der Waals surface area contributed by atoms with E-state index in [1.807, 2.05) is 0 Å². The molecule has 0 bridgehead atoms. The van der Waals surface area contributed by atoms with Crippen molar-refractivity contribution in [1.29, 1.82) is 0 Å². The Morgan fingerprint density at radius 2 is 1.94 bits per heavy atom. The van der Waals surface area contributed by atoms with Gasteiger partial charge in [0, 0.05) is 11.8 Å². The molecule has 2 N–H and O–H groups in total. The van der Waals surface area contributed by atoms with Crippen molar-refractivity contribution in [1.82, 2.24) is 0 Å². The molecule has 18 heavy (non-hydrogen) atoms. The van der Waals surface area contributed by atoms with Crippen LogP contribution in [0.4, 0.5) is 5.69 Å². The van der Waals surface area contributed by atoms with Crippen LogP contribution in [0.2, 0.25) is 0 Å². The van der Waals surface area contributed by atoms with Gasteiger partial charge in [-0.1, -0.05) is 19.8 Å². The lowest BCUT2D eigenvalue weighted by Gasteiger charge is -2.07. The van der Waals surface area contributed by atoms with Gasteiger partial charge >= 0.3 is 0 Å². The van der Waals surface area contributed by atoms with Gasteiger partial charge in [0.25, 0.3) is 0 Å². The summed E-state index contributed by atoms with van der Waals surface area (Å²) in [6.07, 6.45) is 2.68. The van der Waals surface area contributed by atoms with Gasteiger partial charge in [-0.3, -0.25) is 0 Å². The van der Waals surface area contributed by atoms with Crippen molar-refractivity contribution in [3.63, 3.8) is 0 Å². The van der Waals surface area contributed by atoms with Crippen LogP contribution in [0.25, 0.3) is 0 Å². The van der Waals surface area contributed by atoms with E-state index in [1.54, 1.807) is 18.2 Å². The van der Waals surface area contributed by atoms with Gasteiger partial charge < -0.3 is 10.5 Å². The molecule has 0 amide bonds. The Hall–Kier alpha value is -1.23.